The first-order valence-corrected chi connectivity index (χ1v) is 41.0. The summed E-state index contributed by atoms with van der Waals surface area (Å²) in [4.78, 5) is 106. The van der Waals surface area contributed by atoms with Crippen LogP contribution in [0.1, 0.15) is 177 Å². The number of ether oxygens (including phenoxy) is 8. The van der Waals surface area contributed by atoms with Gasteiger partial charge in [-0.3, -0.25) is 43.6 Å². The van der Waals surface area contributed by atoms with Gasteiger partial charge in [0.15, 0.2) is 5.75 Å². The number of aliphatic hydroxyl groups excluding tert-OH is 4. The number of piperazine rings is 1. The molecule has 3 aromatic carbocycles. The topological polar surface area (TPSA) is 426 Å². The van der Waals surface area contributed by atoms with Gasteiger partial charge in [0.05, 0.1) is 100 Å². The molecule has 31 nitrogen and oxygen atoms in total. The Morgan fingerprint density at radius 2 is 1.05 bits per heavy atom. The van der Waals surface area contributed by atoms with Crippen molar-refractivity contribution in [2.75, 3.05) is 72.4 Å². The monoisotopic (exact) mass is 1670 g/mol. The molecule has 1 aliphatic carbocycles. The summed E-state index contributed by atoms with van der Waals surface area (Å²) in [6, 6.07) is 0. The van der Waals surface area contributed by atoms with Crippen LogP contribution in [0.25, 0.3) is 10.8 Å². The average molecular weight is 1670 g/mol. The Hall–Kier alpha value is -9.99. The lowest BCUT2D eigenvalue weighted by atomic mass is 9.78. The van der Waals surface area contributed by atoms with Gasteiger partial charge in [0.1, 0.15) is 52.3 Å². The minimum absolute atomic E-state index is 0.0164. The predicted molar refractivity (Wildman–Crippen MR) is 447 cm³/mol. The molecule has 18 atom stereocenters. The number of hydrogen-bond donors (Lipinski definition) is 11. The number of allylic oxidation sites excluding steroid dienone is 6. The lowest BCUT2D eigenvalue weighted by Crippen LogP contribution is -2.50. The van der Waals surface area contributed by atoms with Crippen LogP contribution in [0.3, 0.4) is 0 Å². The Morgan fingerprint density at radius 1 is 0.583 bits per heavy atom. The molecule has 2 fully saturated rings. The van der Waals surface area contributed by atoms with E-state index >= 15 is 0 Å². The Morgan fingerprint density at radius 3 is 1.52 bits per heavy atom. The van der Waals surface area contributed by atoms with E-state index in [4.69, 9.17) is 42.9 Å². The zero-order valence-corrected chi connectivity index (χ0v) is 72.5. The summed E-state index contributed by atoms with van der Waals surface area (Å²) in [6.07, 6.45) is 9.92. The Labute approximate surface area is 700 Å². The number of nitrogens with zero attached hydrogens (tertiary/aromatic N) is 5. The fraction of sp³-hybridized carbons (Fsp3) is 0.562. The summed E-state index contributed by atoms with van der Waals surface area (Å²) in [5.41, 5.74) is -0.542. The Balaban J connectivity index is 0.000000252. The third kappa shape index (κ3) is 18.4. The maximum Gasteiger partial charge on any atom is 0.312 e. The number of likely N-dealkylation sites (N-methyl/N-ethyl adjacent to an activating group) is 1. The number of carbonyl (C=O) groups is 7. The number of Topliss-reactive ketones (excluding diaryl/α,β-unsaturated/α-hetero) is 3. The first kappa shape index (κ1) is 92.3. The van der Waals surface area contributed by atoms with Crippen molar-refractivity contribution in [3.8, 4) is 34.5 Å². The van der Waals surface area contributed by atoms with E-state index < -0.39 is 178 Å². The number of rotatable bonds is 8. The first-order valence-electron chi connectivity index (χ1n) is 41.0. The molecule has 2 saturated heterocycles. The maximum absolute atomic E-state index is 14.7. The van der Waals surface area contributed by atoms with Crippen LogP contribution in [0.5, 0.6) is 34.5 Å². The Bertz CT molecular complexity index is 4770. The van der Waals surface area contributed by atoms with E-state index in [0.29, 0.717) is 31.8 Å². The maximum atomic E-state index is 14.7. The van der Waals surface area contributed by atoms with E-state index in [1.54, 1.807) is 104 Å². The van der Waals surface area contributed by atoms with Crippen molar-refractivity contribution in [1.29, 1.82) is 0 Å². The number of aromatic hydroxyl groups is 4. The highest BCUT2D eigenvalue weighted by molar-refractivity contribution is 6.34. The van der Waals surface area contributed by atoms with E-state index in [1.807, 2.05) is 7.05 Å². The van der Waals surface area contributed by atoms with Crippen molar-refractivity contribution in [1.82, 2.24) is 25.4 Å². The van der Waals surface area contributed by atoms with E-state index in [0.717, 1.165) is 32.7 Å². The van der Waals surface area contributed by atoms with Gasteiger partial charge in [-0.25, -0.2) is 0 Å². The highest BCUT2D eigenvalue weighted by Gasteiger charge is 2.56. The fourth-order valence-corrected chi connectivity index (χ4v) is 17.2. The number of phenolic OH excluding ortho intramolecular Hbond substituents is 4. The number of carbonyl (C=O) groups excluding carboxylic acids is 7. The molecule has 31 heteroatoms. The number of nitrogens with one attached hydrogen (secondary N) is 3. The van der Waals surface area contributed by atoms with Crippen LogP contribution in [-0.2, 0) is 47.6 Å². The summed E-state index contributed by atoms with van der Waals surface area (Å²) < 4.78 is 47.6. The number of phenols is 4. The molecule has 654 valence electrons. The van der Waals surface area contributed by atoms with Crippen molar-refractivity contribution in [2.45, 2.75) is 204 Å². The number of fused-ring (bicyclic) bond motifs is 17. The van der Waals surface area contributed by atoms with Crippen molar-refractivity contribution in [2.24, 2.45) is 63.4 Å². The van der Waals surface area contributed by atoms with Crippen molar-refractivity contribution < 1.29 is 112 Å². The molecule has 10 bridgehead atoms. The normalized spacial score (nSPS) is 33.0. The van der Waals surface area contributed by atoms with Gasteiger partial charge in [0.2, 0.25) is 5.78 Å². The van der Waals surface area contributed by atoms with Crippen molar-refractivity contribution >= 4 is 69.5 Å². The third-order valence-electron chi connectivity index (χ3n) is 24.8. The van der Waals surface area contributed by atoms with Crippen LogP contribution < -0.4 is 25.4 Å². The number of esters is 2. The van der Waals surface area contributed by atoms with Gasteiger partial charge in [-0.2, -0.15) is 5.10 Å². The molecule has 9 aliphatic rings. The molecule has 12 rings (SSSR count). The Kier molecular flexibility index (Phi) is 28.6. The van der Waals surface area contributed by atoms with Gasteiger partial charge < -0.3 is 104 Å². The molecule has 3 aromatic rings. The molecule has 0 radical (unpaired) electrons. The lowest BCUT2D eigenvalue weighted by molar-refractivity contribution is -0.161. The number of piperidine rings is 1. The number of methoxy groups -OCH3 is 2. The highest BCUT2D eigenvalue weighted by atomic mass is 16.7. The minimum Gasteiger partial charge on any atom is -0.507 e. The number of likely N-dealkylation sites (tertiary alicyclic amines) is 1. The minimum atomic E-state index is -2.04. The molecular weight excluding hydrogens is 1550 g/mol. The van der Waals surface area contributed by atoms with Gasteiger partial charge in [-0.05, 0) is 52.8 Å². The zero-order valence-electron chi connectivity index (χ0n) is 72.5. The number of ketones is 3. The van der Waals surface area contributed by atoms with Gasteiger partial charge in [0.25, 0.3) is 23.4 Å². The van der Waals surface area contributed by atoms with E-state index in [1.165, 1.54) is 93.6 Å². The van der Waals surface area contributed by atoms with Crippen molar-refractivity contribution in [3.05, 3.63) is 123 Å². The second kappa shape index (κ2) is 37.2. The second-order valence-corrected chi connectivity index (χ2v) is 34.1. The van der Waals surface area contributed by atoms with Crippen molar-refractivity contribution in [3.63, 3.8) is 0 Å². The SMILES string of the molecule is CO[C@H]1/C=C/O[C@@]2(C)Oc3c(C)c(O)c4c(O)c(c(/C=N/N5CCN(C)CC5)c(O)c4c3C2=O)NC(=O)/C(C)=C\C=C\[C@H](C)[C@H](O)[C@@H](C)[C@@H](O)[C@@H](C)[C@H](OC(C)=O)[C@@H]1C.CO[C@H]1/C=C/O[C@@]2(C)Oc3c(C)c(O)c4c(c3C2=O)C2=NC3(CCN(CC(C)C)CC3)NC2=C(NC(=O)/C(C)=C\C=C\[C@H](C)[C@H](O)[C@@H](C)[C@@H](O)[C@@H](C)[C@H](OC(C)=O)[C@@H]1C)C4=O. The number of amides is 2. The lowest BCUT2D eigenvalue weighted by Gasteiger charge is -2.38. The number of benzene rings is 3. The standard InChI is InChI=1S/C46H62N4O11.C43H58N4O12/c1-22(2)21-50-18-16-46(17-19-50)48-34-31-32-39(54)28(8)42-33(31)43(56)45(10,61-42)59-20-15-30(58-11)25(5)41(60-29(9)51)27(7)38(53)26(6)37(52)23(3)13-12-14-24(4)44(57)47-36(40(32)55)35(34)49-46;1-21-12-11-13-22(2)42(55)45-33-28(20-44-47-17-15-46(9)16-18-47)37(52)30-31(38(33)53)36(51)26(6)40-32(30)41(54)43(8,59-40)57-19-14-29(56-10)23(3)39(58-27(7)48)25(5)35(50)24(4)34(21)49/h12-15,20,22-23,25-27,30,37-38,41,49,52-54H,16-19,21H2,1-11H3,(H,47,57);11-14,19-21,23-25,29,34-35,39,49-53H,15-18H2,1-10H3,(H,45,55)/b13-12+,20-15+,24-14-;12-11+,19-14+,22-13-,44-20+/t23-,25+,26+,27+,30-,37-,38+,41+,45-;21-,23+,24+,25+,29-,34-,35+,39+,43-/m00/s1. The molecule has 8 heterocycles. The van der Waals surface area contributed by atoms with Crippen LogP contribution in [0.15, 0.2) is 93.8 Å². The van der Waals surface area contributed by atoms with E-state index in [-0.39, 0.29) is 95.2 Å². The molecular formula is C89H120N8O23. The first-order chi connectivity index (χ1) is 56.4. The quantitative estimate of drug-likeness (QED) is 0.0433. The zero-order chi connectivity index (χ0) is 88.5. The summed E-state index contributed by atoms with van der Waals surface area (Å²) in [6.45, 7) is 34.6. The summed E-state index contributed by atoms with van der Waals surface area (Å²) in [7, 11) is 4.89. The van der Waals surface area contributed by atoms with Gasteiger partial charge in [-0.15, -0.1) is 0 Å². The number of anilines is 1. The van der Waals surface area contributed by atoms with Gasteiger partial charge in [-0.1, -0.05) is 106 Å². The van der Waals surface area contributed by atoms with Crippen LogP contribution >= 0.6 is 0 Å². The number of aliphatic imine (C=N–C) groups is 1. The average Bonchev–Trinajstić information content (AvgIpc) is 1.52. The van der Waals surface area contributed by atoms with Crippen LogP contribution in [-0.4, -0.2) is 242 Å². The number of hydrazone groups is 1. The van der Waals surface area contributed by atoms with Crippen LogP contribution in [0.4, 0.5) is 5.69 Å². The predicted octanol–water partition coefficient (Wildman–Crippen LogP) is 8.95. The second-order valence-electron chi connectivity index (χ2n) is 34.1. The number of aliphatic hydroxyl groups is 4. The molecule has 0 aromatic heterocycles. The molecule has 11 N–H and O–H groups in total. The molecule has 0 saturated carbocycles. The smallest absolute Gasteiger partial charge is 0.312 e. The molecule has 0 unspecified atom stereocenters. The summed E-state index contributed by atoms with van der Waals surface area (Å²) in [5, 5.41) is 108. The van der Waals surface area contributed by atoms with Crippen LogP contribution in [0.2, 0.25) is 0 Å². The molecule has 2 amide bonds. The number of hydrogen-bond acceptors (Lipinski definition) is 29. The summed E-state index contributed by atoms with van der Waals surface area (Å²) >= 11 is 0. The largest absolute Gasteiger partial charge is 0.507 e. The van der Waals surface area contributed by atoms with Gasteiger partial charge >= 0.3 is 23.5 Å². The van der Waals surface area contributed by atoms with E-state index in [2.05, 4.69) is 44.7 Å². The molecule has 120 heavy (non-hydrogen) atoms. The van der Waals surface area contributed by atoms with E-state index in [9.17, 15) is 74.4 Å². The third-order valence-corrected chi connectivity index (χ3v) is 24.8. The fourth-order valence-electron chi connectivity index (χ4n) is 17.2. The summed E-state index contributed by atoms with van der Waals surface area (Å²) in [5.74, 6) is -15.1. The van der Waals surface area contributed by atoms with Gasteiger partial charge in [0, 0.05) is 181 Å². The van der Waals surface area contributed by atoms with Crippen LogP contribution in [0, 0.1) is 67.1 Å². The molecule has 8 aliphatic heterocycles. The molecule has 1 spiro atoms. The highest BCUT2D eigenvalue weighted by Crippen LogP contribution is 2.56.